The smallest absolute Gasteiger partial charge is 0.264 e. The van der Waals surface area contributed by atoms with Gasteiger partial charge in [-0.25, -0.2) is 8.42 Å². The molecule has 0 fully saturated rings. The SMILES string of the molecule is COc1ccc(CC2(c3cccs3)CN(S(=O)(=O)c3ccc(C)cc3)c3ccccc32)cc1OC. The predicted octanol–water partition coefficient (Wildman–Crippen LogP) is 5.81. The Morgan fingerprint density at radius 2 is 1.66 bits per heavy atom. The van der Waals surface area contributed by atoms with Crippen LogP contribution in [0.5, 0.6) is 11.5 Å². The van der Waals surface area contributed by atoms with E-state index in [0.29, 0.717) is 29.4 Å². The first-order valence-corrected chi connectivity index (χ1v) is 13.6. The zero-order chi connectivity index (χ0) is 24.6. The van der Waals surface area contributed by atoms with Crippen LogP contribution in [0.2, 0.25) is 0 Å². The zero-order valence-corrected chi connectivity index (χ0v) is 21.5. The lowest BCUT2D eigenvalue weighted by molar-refractivity contribution is 0.354. The van der Waals surface area contributed by atoms with Gasteiger partial charge in [-0.2, -0.15) is 0 Å². The van der Waals surface area contributed by atoms with E-state index in [1.807, 2.05) is 66.9 Å². The van der Waals surface area contributed by atoms with Crippen LogP contribution in [0.15, 0.2) is 89.1 Å². The number of thiophene rings is 1. The summed E-state index contributed by atoms with van der Waals surface area (Å²) in [4.78, 5) is 1.42. The molecular weight excluding hydrogens is 478 g/mol. The Hall–Kier alpha value is -3.29. The molecule has 0 N–H and O–H groups in total. The first-order chi connectivity index (χ1) is 16.9. The van der Waals surface area contributed by atoms with Gasteiger partial charge in [0, 0.05) is 11.4 Å². The van der Waals surface area contributed by atoms with E-state index in [1.54, 1.807) is 42.0 Å². The number of sulfonamides is 1. The molecule has 0 radical (unpaired) electrons. The molecule has 0 bridgehead atoms. The third kappa shape index (κ3) is 3.98. The summed E-state index contributed by atoms with van der Waals surface area (Å²) in [7, 11) is -0.514. The van der Waals surface area contributed by atoms with Crippen LogP contribution in [0.4, 0.5) is 5.69 Å². The maximum absolute atomic E-state index is 13.9. The fraction of sp³-hybridized carbons (Fsp3) is 0.214. The van der Waals surface area contributed by atoms with Crippen LogP contribution in [0.3, 0.4) is 0 Å². The molecule has 0 spiro atoms. The summed E-state index contributed by atoms with van der Waals surface area (Å²) in [5, 5.41) is 2.05. The molecule has 2 heterocycles. The molecule has 1 aliphatic rings. The van der Waals surface area contributed by atoms with Crippen molar-refractivity contribution in [3.05, 3.63) is 106 Å². The van der Waals surface area contributed by atoms with Crippen molar-refractivity contribution in [2.45, 2.75) is 23.7 Å². The minimum atomic E-state index is -3.75. The number of nitrogens with zero attached hydrogens (tertiary/aromatic N) is 1. The largest absolute Gasteiger partial charge is 0.493 e. The Bertz CT molecular complexity index is 1450. The molecule has 180 valence electrons. The van der Waals surface area contributed by atoms with Crippen LogP contribution in [-0.4, -0.2) is 29.2 Å². The van der Waals surface area contributed by atoms with E-state index in [-0.39, 0.29) is 0 Å². The van der Waals surface area contributed by atoms with Gasteiger partial charge < -0.3 is 9.47 Å². The summed E-state index contributed by atoms with van der Waals surface area (Å²) in [5.74, 6) is 1.32. The number of anilines is 1. The summed E-state index contributed by atoms with van der Waals surface area (Å²) >= 11 is 1.65. The molecule has 1 unspecified atom stereocenters. The van der Waals surface area contributed by atoms with Crippen molar-refractivity contribution < 1.29 is 17.9 Å². The fourth-order valence-corrected chi connectivity index (χ4v) is 7.38. The number of hydrogen-bond acceptors (Lipinski definition) is 5. The zero-order valence-electron chi connectivity index (χ0n) is 19.9. The maximum Gasteiger partial charge on any atom is 0.264 e. The number of hydrogen-bond donors (Lipinski definition) is 0. The second-order valence-corrected chi connectivity index (χ2v) is 11.6. The van der Waals surface area contributed by atoms with Crippen molar-refractivity contribution in [2.24, 2.45) is 0 Å². The Morgan fingerprint density at radius 1 is 0.914 bits per heavy atom. The summed E-state index contributed by atoms with van der Waals surface area (Å²) in [6.45, 7) is 2.27. The van der Waals surface area contributed by atoms with Gasteiger partial charge in [0.2, 0.25) is 0 Å². The molecule has 1 aromatic heterocycles. The third-order valence-corrected chi connectivity index (χ3v) is 9.51. The minimum Gasteiger partial charge on any atom is -0.493 e. The second kappa shape index (κ2) is 9.06. The predicted molar refractivity (Wildman–Crippen MR) is 141 cm³/mol. The Balaban J connectivity index is 1.66. The lowest BCUT2D eigenvalue weighted by Crippen LogP contribution is -2.39. The van der Waals surface area contributed by atoms with Gasteiger partial charge in [0.05, 0.1) is 30.2 Å². The molecule has 35 heavy (non-hydrogen) atoms. The molecule has 0 saturated heterocycles. The van der Waals surface area contributed by atoms with Crippen molar-refractivity contribution in [1.29, 1.82) is 0 Å². The maximum atomic E-state index is 13.9. The number of ether oxygens (including phenoxy) is 2. The fourth-order valence-electron chi connectivity index (χ4n) is 4.90. The lowest BCUT2D eigenvalue weighted by atomic mass is 9.76. The highest BCUT2D eigenvalue weighted by Gasteiger charge is 2.48. The Morgan fingerprint density at radius 3 is 2.34 bits per heavy atom. The highest BCUT2D eigenvalue weighted by Crippen LogP contribution is 2.50. The van der Waals surface area contributed by atoms with Crippen molar-refractivity contribution in [2.75, 3.05) is 25.1 Å². The van der Waals surface area contributed by atoms with E-state index in [2.05, 4.69) is 12.1 Å². The van der Waals surface area contributed by atoms with Gasteiger partial charge in [-0.3, -0.25) is 4.31 Å². The van der Waals surface area contributed by atoms with Gasteiger partial charge in [-0.05, 0) is 66.2 Å². The lowest BCUT2D eigenvalue weighted by Gasteiger charge is -2.30. The molecule has 1 aliphatic heterocycles. The molecular formula is C28H27NO4S2. The quantitative estimate of drug-likeness (QED) is 0.318. The van der Waals surface area contributed by atoms with Gasteiger partial charge in [0.25, 0.3) is 10.0 Å². The molecule has 5 rings (SSSR count). The number of para-hydroxylation sites is 1. The number of benzene rings is 3. The van der Waals surface area contributed by atoms with Crippen LogP contribution >= 0.6 is 11.3 Å². The molecule has 0 amide bonds. The average molecular weight is 506 g/mol. The topological polar surface area (TPSA) is 55.8 Å². The van der Waals surface area contributed by atoms with E-state index in [0.717, 1.165) is 27.3 Å². The summed E-state index contributed by atoms with van der Waals surface area (Å²) in [6.07, 6.45) is 0.616. The van der Waals surface area contributed by atoms with E-state index >= 15 is 0 Å². The molecule has 0 aliphatic carbocycles. The van der Waals surface area contributed by atoms with Gasteiger partial charge in [-0.1, -0.05) is 48.0 Å². The van der Waals surface area contributed by atoms with Crippen LogP contribution in [-0.2, 0) is 21.9 Å². The number of aryl methyl sites for hydroxylation is 1. The Kier molecular flexibility index (Phi) is 6.07. The molecule has 0 saturated carbocycles. The monoisotopic (exact) mass is 505 g/mol. The van der Waals surface area contributed by atoms with E-state index < -0.39 is 15.4 Å². The normalized spacial score (nSPS) is 17.3. The minimum absolute atomic E-state index is 0.297. The van der Waals surface area contributed by atoms with Crippen LogP contribution < -0.4 is 13.8 Å². The molecule has 3 aromatic carbocycles. The van der Waals surface area contributed by atoms with Crippen molar-refractivity contribution in [3.63, 3.8) is 0 Å². The van der Waals surface area contributed by atoms with Crippen LogP contribution in [0.25, 0.3) is 0 Å². The third-order valence-electron chi connectivity index (χ3n) is 6.66. The van der Waals surface area contributed by atoms with Crippen molar-refractivity contribution >= 4 is 27.0 Å². The van der Waals surface area contributed by atoms with E-state index in [4.69, 9.17) is 9.47 Å². The van der Waals surface area contributed by atoms with Gasteiger partial charge in [-0.15, -0.1) is 11.3 Å². The highest BCUT2D eigenvalue weighted by atomic mass is 32.2. The summed E-state index contributed by atoms with van der Waals surface area (Å²) < 4.78 is 40.3. The highest BCUT2D eigenvalue weighted by molar-refractivity contribution is 7.92. The second-order valence-electron chi connectivity index (χ2n) is 8.77. The average Bonchev–Trinajstić information content (AvgIpc) is 3.52. The molecule has 1 atom stereocenters. The molecule has 4 aromatic rings. The van der Waals surface area contributed by atoms with Crippen LogP contribution in [0.1, 0.15) is 21.6 Å². The number of fused-ring (bicyclic) bond motifs is 1. The van der Waals surface area contributed by atoms with E-state index in [9.17, 15) is 8.42 Å². The first kappa shape index (κ1) is 23.5. The van der Waals surface area contributed by atoms with Crippen molar-refractivity contribution in [3.8, 4) is 11.5 Å². The van der Waals surface area contributed by atoms with E-state index in [1.165, 1.54) is 0 Å². The van der Waals surface area contributed by atoms with Gasteiger partial charge >= 0.3 is 0 Å². The molecule has 5 nitrogen and oxygen atoms in total. The van der Waals surface area contributed by atoms with Crippen molar-refractivity contribution in [1.82, 2.24) is 0 Å². The standard InChI is InChI=1S/C28H27NO4S2/c1-20-10-13-22(14-11-20)35(30,31)29-19-28(27-9-6-16-34-27,23-7-4-5-8-24(23)29)18-21-12-15-25(32-2)26(17-21)33-3/h4-17H,18-19H2,1-3H3. The van der Waals surface area contributed by atoms with Crippen LogP contribution in [0, 0.1) is 6.92 Å². The summed E-state index contributed by atoms with van der Waals surface area (Å²) in [5.41, 5.74) is 3.25. The Labute approximate surface area is 210 Å². The number of methoxy groups -OCH3 is 2. The number of rotatable bonds is 7. The van der Waals surface area contributed by atoms with Gasteiger partial charge in [0.15, 0.2) is 11.5 Å². The molecule has 7 heteroatoms. The van der Waals surface area contributed by atoms with Gasteiger partial charge in [0.1, 0.15) is 0 Å². The first-order valence-electron chi connectivity index (χ1n) is 11.3. The summed E-state index contributed by atoms with van der Waals surface area (Å²) in [6, 6.07) is 24.9.